The molecule has 0 spiro atoms. The van der Waals surface area contributed by atoms with Crippen molar-refractivity contribution in [2.45, 2.75) is 38.4 Å². The SMILES string of the molecule is CC(NCCN1CCCCC1)C(=O)NCC(F)(F)F. The van der Waals surface area contributed by atoms with E-state index in [9.17, 15) is 18.0 Å². The van der Waals surface area contributed by atoms with Crippen LogP contribution in [0.4, 0.5) is 13.2 Å². The van der Waals surface area contributed by atoms with Crippen molar-refractivity contribution in [2.24, 2.45) is 0 Å². The van der Waals surface area contributed by atoms with Crippen molar-refractivity contribution in [3.63, 3.8) is 0 Å². The molecular formula is C12H22F3N3O. The highest BCUT2D eigenvalue weighted by molar-refractivity contribution is 5.81. The van der Waals surface area contributed by atoms with Crippen LogP contribution in [0.3, 0.4) is 0 Å². The van der Waals surface area contributed by atoms with Crippen LogP contribution in [-0.4, -0.2) is 55.7 Å². The zero-order chi connectivity index (χ0) is 14.3. The number of alkyl halides is 3. The molecule has 112 valence electrons. The van der Waals surface area contributed by atoms with Crippen molar-refractivity contribution in [1.82, 2.24) is 15.5 Å². The summed E-state index contributed by atoms with van der Waals surface area (Å²) in [5.74, 6) is -0.615. The highest BCUT2D eigenvalue weighted by atomic mass is 19.4. The Labute approximate surface area is 111 Å². The molecule has 0 saturated carbocycles. The van der Waals surface area contributed by atoms with Crippen LogP contribution >= 0.6 is 0 Å². The largest absolute Gasteiger partial charge is 0.405 e. The minimum atomic E-state index is -4.36. The standard InChI is InChI=1S/C12H22F3N3O/c1-10(11(19)17-9-12(13,14)15)16-5-8-18-6-3-2-4-7-18/h10,16H,2-9H2,1H3,(H,17,19). The number of likely N-dealkylation sites (tertiary alicyclic amines) is 1. The molecule has 0 aromatic heterocycles. The molecule has 1 aliphatic rings. The fourth-order valence-corrected chi connectivity index (χ4v) is 2.06. The quantitative estimate of drug-likeness (QED) is 0.767. The van der Waals surface area contributed by atoms with E-state index in [1.807, 2.05) is 5.32 Å². The third-order valence-corrected chi connectivity index (χ3v) is 3.18. The van der Waals surface area contributed by atoms with Crippen molar-refractivity contribution >= 4 is 5.91 Å². The Balaban J connectivity index is 2.12. The van der Waals surface area contributed by atoms with Crippen LogP contribution in [0.15, 0.2) is 0 Å². The fraction of sp³-hybridized carbons (Fsp3) is 0.917. The topological polar surface area (TPSA) is 44.4 Å². The molecular weight excluding hydrogens is 259 g/mol. The van der Waals surface area contributed by atoms with E-state index in [-0.39, 0.29) is 0 Å². The van der Waals surface area contributed by atoms with Gasteiger partial charge in [0.2, 0.25) is 5.91 Å². The van der Waals surface area contributed by atoms with Crippen LogP contribution in [0.1, 0.15) is 26.2 Å². The molecule has 1 saturated heterocycles. The minimum Gasteiger partial charge on any atom is -0.346 e. The molecule has 1 amide bonds. The Morgan fingerprint density at radius 3 is 2.47 bits per heavy atom. The number of nitrogens with zero attached hydrogens (tertiary/aromatic N) is 1. The first kappa shape index (κ1) is 16.2. The molecule has 1 aliphatic heterocycles. The first-order chi connectivity index (χ1) is 8.88. The summed E-state index contributed by atoms with van der Waals surface area (Å²) in [6, 6.07) is -0.604. The molecule has 7 heteroatoms. The number of piperidine rings is 1. The van der Waals surface area contributed by atoms with Crippen molar-refractivity contribution in [3.05, 3.63) is 0 Å². The third-order valence-electron chi connectivity index (χ3n) is 3.18. The molecule has 1 atom stereocenters. The van der Waals surface area contributed by atoms with Gasteiger partial charge in [-0.1, -0.05) is 6.42 Å². The zero-order valence-electron chi connectivity index (χ0n) is 11.2. The number of carbonyl (C=O) groups is 1. The smallest absolute Gasteiger partial charge is 0.346 e. The molecule has 0 radical (unpaired) electrons. The van der Waals surface area contributed by atoms with Gasteiger partial charge in [-0.3, -0.25) is 4.79 Å². The highest BCUT2D eigenvalue weighted by Gasteiger charge is 2.28. The average Bonchev–Trinajstić information content (AvgIpc) is 2.36. The van der Waals surface area contributed by atoms with Crippen LogP contribution in [0.2, 0.25) is 0 Å². The highest BCUT2D eigenvalue weighted by Crippen LogP contribution is 2.12. The molecule has 0 aromatic carbocycles. The van der Waals surface area contributed by atoms with Crippen molar-refractivity contribution < 1.29 is 18.0 Å². The van der Waals surface area contributed by atoms with Gasteiger partial charge in [0.05, 0.1) is 6.04 Å². The van der Waals surface area contributed by atoms with Gasteiger partial charge in [-0.15, -0.1) is 0 Å². The van der Waals surface area contributed by atoms with Gasteiger partial charge >= 0.3 is 6.18 Å². The number of hydrogen-bond donors (Lipinski definition) is 2. The van der Waals surface area contributed by atoms with E-state index in [1.165, 1.54) is 19.3 Å². The summed E-state index contributed by atoms with van der Waals surface area (Å²) < 4.78 is 35.8. The second-order valence-electron chi connectivity index (χ2n) is 4.91. The zero-order valence-corrected chi connectivity index (χ0v) is 11.2. The second kappa shape index (κ2) is 7.69. The van der Waals surface area contributed by atoms with Gasteiger partial charge in [0.25, 0.3) is 0 Å². The number of amides is 1. The molecule has 1 rings (SSSR count). The lowest BCUT2D eigenvalue weighted by Gasteiger charge is -2.27. The summed E-state index contributed by atoms with van der Waals surface area (Å²) >= 11 is 0. The first-order valence-corrected chi connectivity index (χ1v) is 6.69. The Hall–Kier alpha value is -0.820. The lowest BCUT2D eigenvalue weighted by atomic mass is 10.1. The van der Waals surface area contributed by atoms with E-state index < -0.39 is 24.7 Å². The minimum absolute atomic E-state index is 0.604. The summed E-state index contributed by atoms with van der Waals surface area (Å²) in [6.45, 7) is 3.87. The van der Waals surface area contributed by atoms with E-state index in [0.29, 0.717) is 6.54 Å². The number of nitrogens with one attached hydrogen (secondary N) is 2. The van der Waals surface area contributed by atoms with Crippen molar-refractivity contribution in [2.75, 3.05) is 32.7 Å². The molecule has 0 aliphatic carbocycles. The van der Waals surface area contributed by atoms with E-state index in [2.05, 4.69) is 10.2 Å². The molecule has 4 nitrogen and oxygen atoms in total. The maximum absolute atomic E-state index is 11.9. The number of halogens is 3. The number of carbonyl (C=O) groups excluding carboxylic acids is 1. The predicted octanol–water partition coefficient (Wildman–Crippen LogP) is 1.13. The normalized spacial score (nSPS) is 19.2. The maximum atomic E-state index is 11.9. The van der Waals surface area contributed by atoms with E-state index in [4.69, 9.17) is 0 Å². The monoisotopic (exact) mass is 281 g/mol. The lowest BCUT2D eigenvalue weighted by molar-refractivity contribution is -0.139. The maximum Gasteiger partial charge on any atom is 0.405 e. The Bertz CT molecular complexity index is 278. The van der Waals surface area contributed by atoms with Crippen LogP contribution in [-0.2, 0) is 4.79 Å². The van der Waals surface area contributed by atoms with Crippen LogP contribution in [0.5, 0.6) is 0 Å². The van der Waals surface area contributed by atoms with Crippen LogP contribution < -0.4 is 10.6 Å². The van der Waals surface area contributed by atoms with Crippen LogP contribution in [0.25, 0.3) is 0 Å². The second-order valence-corrected chi connectivity index (χ2v) is 4.91. The van der Waals surface area contributed by atoms with Gasteiger partial charge in [-0.05, 0) is 32.9 Å². The van der Waals surface area contributed by atoms with E-state index in [0.717, 1.165) is 19.6 Å². The predicted molar refractivity (Wildman–Crippen MR) is 66.8 cm³/mol. The summed E-state index contributed by atoms with van der Waals surface area (Å²) in [4.78, 5) is 13.7. The number of hydrogen-bond acceptors (Lipinski definition) is 3. The number of rotatable bonds is 6. The van der Waals surface area contributed by atoms with Crippen molar-refractivity contribution in [3.8, 4) is 0 Å². The Morgan fingerprint density at radius 1 is 1.26 bits per heavy atom. The first-order valence-electron chi connectivity index (χ1n) is 6.69. The third kappa shape index (κ3) is 7.37. The summed E-state index contributed by atoms with van der Waals surface area (Å²) in [5.41, 5.74) is 0. The molecule has 1 unspecified atom stereocenters. The van der Waals surface area contributed by atoms with Crippen molar-refractivity contribution in [1.29, 1.82) is 0 Å². The molecule has 2 N–H and O–H groups in total. The summed E-state index contributed by atoms with van der Waals surface area (Å²) in [5, 5.41) is 4.82. The van der Waals surface area contributed by atoms with Gasteiger partial charge in [-0.2, -0.15) is 13.2 Å². The molecule has 19 heavy (non-hydrogen) atoms. The van der Waals surface area contributed by atoms with Gasteiger partial charge < -0.3 is 15.5 Å². The van der Waals surface area contributed by atoms with Gasteiger partial charge in [0.15, 0.2) is 0 Å². The molecule has 0 aromatic rings. The summed E-state index contributed by atoms with van der Waals surface area (Å²) in [6.07, 6.45) is -0.702. The summed E-state index contributed by atoms with van der Waals surface area (Å²) in [7, 11) is 0. The van der Waals surface area contributed by atoms with Crippen LogP contribution in [0, 0.1) is 0 Å². The molecule has 1 fully saturated rings. The molecule has 1 heterocycles. The van der Waals surface area contributed by atoms with E-state index in [1.54, 1.807) is 6.92 Å². The van der Waals surface area contributed by atoms with E-state index >= 15 is 0 Å². The van der Waals surface area contributed by atoms with Gasteiger partial charge in [-0.25, -0.2) is 0 Å². The molecule has 0 bridgehead atoms. The average molecular weight is 281 g/mol. The van der Waals surface area contributed by atoms with Gasteiger partial charge in [0.1, 0.15) is 6.54 Å². The lowest BCUT2D eigenvalue weighted by Crippen LogP contribution is -2.47. The van der Waals surface area contributed by atoms with Gasteiger partial charge in [0, 0.05) is 13.1 Å². The Morgan fingerprint density at radius 2 is 1.89 bits per heavy atom. The Kier molecular flexibility index (Phi) is 6.57. The fourth-order valence-electron chi connectivity index (χ4n) is 2.06.